The van der Waals surface area contributed by atoms with E-state index in [0.717, 1.165) is 13.0 Å². The molecule has 2 nitrogen and oxygen atoms in total. The minimum Gasteiger partial charge on any atom is -0.385 e. The van der Waals surface area contributed by atoms with Crippen LogP contribution in [-0.4, -0.2) is 19.8 Å². The number of rotatable bonds is 6. The summed E-state index contributed by atoms with van der Waals surface area (Å²) in [6.07, 6.45) is 7.48. The molecule has 1 aliphatic rings. The van der Waals surface area contributed by atoms with Gasteiger partial charge in [0.05, 0.1) is 0 Å². The van der Waals surface area contributed by atoms with Crippen molar-refractivity contribution in [2.75, 3.05) is 13.7 Å². The fourth-order valence-electron chi connectivity index (χ4n) is 3.80. The molecule has 1 fully saturated rings. The summed E-state index contributed by atoms with van der Waals surface area (Å²) in [5.74, 6) is 0.494. The zero-order valence-corrected chi connectivity index (χ0v) is 13.0. The van der Waals surface area contributed by atoms with Gasteiger partial charge in [-0.15, -0.1) is 0 Å². The van der Waals surface area contributed by atoms with Crippen LogP contribution in [0.5, 0.6) is 0 Å². The molecule has 2 N–H and O–H groups in total. The van der Waals surface area contributed by atoms with Crippen molar-refractivity contribution in [1.82, 2.24) is 0 Å². The standard InChI is InChI=1S/C18H29NO/c1-15(11-14-20-2)17(19)18(12-7-4-8-13-18)16-9-5-3-6-10-16/h3,5-6,9-10,15,17H,4,7-8,11-14,19H2,1-2H3. The quantitative estimate of drug-likeness (QED) is 0.855. The third kappa shape index (κ3) is 3.24. The molecule has 0 spiro atoms. The van der Waals surface area contributed by atoms with Crippen LogP contribution in [0.2, 0.25) is 0 Å². The van der Waals surface area contributed by atoms with Crippen LogP contribution >= 0.6 is 0 Å². The summed E-state index contributed by atoms with van der Waals surface area (Å²) in [6, 6.07) is 11.2. The van der Waals surface area contributed by atoms with Crippen LogP contribution in [0.4, 0.5) is 0 Å². The Hall–Kier alpha value is -0.860. The maximum absolute atomic E-state index is 6.74. The summed E-state index contributed by atoms with van der Waals surface area (Å²) in [6.45, 7) is 3.09. The van der Waals surface area contributed by atoms with Crippen molar-refractivity contribution < 1.29 is 4.74 Å². The predicted octanol–water partition coefficient (Wildman–Crippen LogP) is 3.89. The number of nitrogens with two attached hydrogens (primary N) is 1. The van der Waals surface area contributed by atoms with E-state index in [1.54, 1.807) is 7.11 Å². The Kier molecular flexibility index (Phi) is 5.62. The van der Waals surface area contributed by atoms with Crippen molar-refractivity contribution >= 4 is 0 Å². The van der Waals surface area contributed by atoms with Crippen molar-refractivity contribution in [2.24, 2.45) is 11.7 Å². The highest BCUT2D eigenvalue weighted by molar-refractivity contribution is 5.28. The van der Waals surface area contributed by atoms with Gasteiger partial charge in [0.1, 0.15) is 0 Å². The first-order valence-electron chi connectivity index (χ1n) is 8.01. The van der Waals surface area contributed by atoms with Gasteiger partial charge in [-0.3, -0.25) is 0 Å². The number of benzene rings is 1. The van der Waals surface area contributed by atoms with Gasteiger partial charge in [0.2, 0.25) is 0 Å². The van der Waals surface area contributed by atoms with Gasteiger partial charge in [0.25, 0.3) is 0 Å². The molecule has 112 valence electrons. The molecule has 0 heterocycles. The molecule has 1 aromatic rings. The summed E-state index contributed by atoms with van der Waals surface area (Å²) in [7, 11) is 1.77. The van der Waals surface area contributed by atoms with E-state index < -0.39 is 0 Å². The van der Waals surface area contributed by atoms with Crippen LogP contribution in [0.1, 0.15) is 51.0 Å². The van der Waals surface area contributed by atoms with Gasteiger partial charge in [0.15, 0.2) is 0 Å². The summed E-state index contributed by atoms with van der Waals surface area (Å²) >= 11 is 0. The molecule has 2 heteroatoms. The minimum absolute atomic E-state index is 0.173. The second-order valence-corrected chi connectivity index (χ2v) is 6.37. The van der Waals surface area contributed by atoms with E-state index in [-0.39, 0.29) is 11.5 Å². The Labute approximate surface area is 123 Å². The number of ether oxygens (including phenoxy) is 1. The highest BCUT2D eigenvalue weighted by Crippen LogP contribution is 2.43. The second-order valence-electron chi connectivity index (χ2n) is 6.37. The van der Waals surface area contributed by atoms with Crippen LogP contribution in [-0.2, 0) is 10.2 Å². The highest BCUT2D eigenvalue weighted by Gasteiger charge is 2.41. The third-order valence-electron chi connectivity index (χ3n) is 5.12. The maximum atomic E-state index is 6.74. The molecule has 0 saturated heterocycles. The van der Waals surface area contributed by atoms with Crippen molar-refractivity contribution in [1.29, 1.82) is 0 Å². The summed E-state index contributed by atoms with van der Waals surface area (Å²) in [5.41, 5.74) is 8.36. The molecule has 2 rings (SSSR count). The highest BCUT2D eigenvalue weighted by atomic mass is 16.5. The number of methoxy groups -OCH3 is 1. The van der Waals surface area contributed by atoms with Crippen LogP contribution in [0.15, 0.2) is 30.3 Å². The number of hydrogen-bond acceptors (Lipinski definition) is 2. The van der Waals surface area contributed by atoms with Crippen LogP contribution in [0.25, 0.3) is 0 Å². The lowest BCUT2D eigenvalue weighted by Gasteiger charge is -2.45. The minimum atomic E-state index is 0.173. The van der Waals surface area contributed by atoms with Gasteiger partial charge in [-0.25, -0.2) is 0 Å². The van der Waals surface area contributed by atoms with Crippen LogP contribution in [0.3, 0.4) is 0 Å². The normalized spacial score (nSPS) is 21.4. The first kappa shape index (κ1) is 15.5. The molecular weight excluding hydrogens is 246 g/mol. The summed E-state index contributed by atoms with van der Waals surface area (Å²) in [4.78, 5) is 0. The fourth-order valence-corrected chi connectivity index (χ4v) is 3.80. The lowest BCUT2D eigenvalue weighted by Crippen LogP contribution is -2.50. The lowest BCUT2D eigenvalue weighted by atomic mass is 9.62. The Morgan fingerprint density at radius 2 is 1.80 bits per heavy atom. The maximum Gasteiger partial charge on any atom is 0.0465 e. The topological polar surface area (TPSA) is 35.2 Å². The van der Waals surface area contributed by atoms with Gasteiger partial charge in [-0.2, -0.15) is 0 Å². The average molecular weight is 275 g/mol. The average Bonchev–Trinajstić information content (AvgIpc) is 2.53. The second kappa shape index (κ2) is 7.24. The Balaban J connectivity index is 2.23. The molecule has 0 aromatic heterocycles. The molecule has 1 aromatic carbocycles. The Morgan fingerprint density at radius 1 is 1.15 bits per heavy atom. The van der Waals surface area contributed by atoms with Crippen molar-refractivity contribution in [3.63, 3.8) is 0 Å². The van der Waals surface area contributed by atoms with Crippen LogP contribution < -0.4 is 5.73 Å². The van der Waals surface area contributed by atoms with E-state index in [2.05, 4.69) is 37.3 Å². The van der Waals surface area contributed by atoms with E-state index in [1.165, 1.54) is 37.7 Å². The summed E-state index contributed by atoms with van der Waals surface area (Å²) < 4.78 is 5.23. The zero-order valence-electron chi connectivity index (χ0n) is 13.0. The van der Waals surface area contributed by atoms with Crippen molar-refractivity contribution in [3.8, 4) is 0 Å². The molecule has 2 unspecified atom stereocenters. The first-order valence-corrected chi connectivity index (χ1v) is 8.01. The van der Waals surface area contributed by atoms with E-state index in [9.17, 15) is 0 Å². The predicted molar refractivity (Wildman–Crippen MR) is 84.8 cm³/mol. The van der Waals surface area contributed by atoms with Gasteiger partial charge in [-0.1, -0.05) is 56.5 Å². The molecule has 0 bridgehead atoms. The zero-order chi connectivity index (χ0) is 14.4. The fraction of sp³-hybridized carbons (Fsp3) is 0.667. The molecule has 1 saturated carbocycles. The first-order chi connectivity index (χ1) is 9.70. The van der Waals surface area contributed by atoms with E-state index in [1.807, 2.05) is 0 Å². The van der Waals surface area contributed by atoms with Crippen molar-refractivity contribution in [2.45, 2.75) is 56.9 Å². The molecule has 2 atom stereocenters. The SMILES string of the molecule is COCCC(C)C(N)C1(c2ccccc2)CCCCC1. The molecule has 0 amide bonds. The number of hydrogen-bond donors (Lipinski definition) is 1. The molecule has 20 heavy (non-hydrogen) atoms. The van der Waals surface area contributed by atoms with Gasteiger partial charge >= 0.3 is 0 Å². The Morgan fingerprint density at radius 3 is 2.40 bits per heavy atom. The Bertz CT molecular complexity index is 384. The third-order valence-corrected chi connectivity index (χ3v) is 5.12. The molecular formula is C18H29NO. The smallest absolute Gasteiger partial charge is 0.0465 e. The van der Waals surface area contributed by atoms with Crippen molar-refractivity contribution in [3.05, 3.63) is 35.9 Å². The van der Waals surface area contributed by atoms with Gasteiger partial charge < -0.3 is 10.5 Å². The van der Waals surface area contributed by atoms with Gasteiger partial charge in [0, 0.05) is 25.2 Å². The van der Waals surface area contributed by atoms with Crippen LogP contribution in [0, 0.1) is 5.92 Å². The largest absolute Gasteiger partial charge is 0.385 e. The summed E-state index contributed by atoms with van der Waals surface area (Å²) in [5, 5.41) is 0. The molecule has 0 aliphatic heterocycles. The van der Waals surface area contributed by atoms with E-state index in [0.29, 0.717) is 5.92 Å². The van der Waals surface area contributed by atoms with E-state index >= 15 is 0 Å². The monoisotopic (exact) mass is 275 g/mol. The molecule has 0 radical (unpaired) electrons. The van der Waals surface area contributed by atoms with E-state index in [4.69, 9.17) is 10.5 Å². The lowest BCUT2D eigenvalue weighted by molar-refractivity contribution is 0.145. The molecule has 1 aliphatic carbocycles. The van der Waals surface area contributed by atoms with Gasteiger partial charge in [-0.05, 0) is 30.7 Å².